The molecule has 1 nitrogen and oxygen atoms in total. The zero-order valence-corrected chi connectivity index (χ0v) is 32.8. The van der Waals surface area contributed by atoms with E-state index in [9.17, 15) is 0 Å². The van der Waals surface area contributed by atoms with Gasteiger partial charge in [-0.05, 0) is 102 Å². The third-order valence-corrected chi connectivity index (χ3v) is 13.0. The number of hydrogen-bond acceptors (Lipinski definition) is 1. The maximum atomic E-state index is 2.53. The van der Waals surface area contributed by atoms with Crippen molar-refractivity contribution in [3.63, 3.8) is 0 Å². The van der Waals surface area contributed by atoms with Gasteiger partial charge < -0.3 is 4.90 Å². The van der Waals surface area contributed by atoms with Crippen molar-refractivity contribution in [1.82, 2.24) is 0 Å². The highest BCUT2D eigenvalue weighted by Gasteiger charge is 2.38. The van der Waals surface area contributed by atoms with Gasteiger partial charge in [0, 0.05) is 27.5 Å². The lowest BCUT2D eigenvalue weighted by Gasteiger charge is -2.31. The zero-order valence-electron chi connectivity index (χ0n) is 32.8. The van der Waals surface area contributed by atoms with Gasteiger partial charge in [0.1, 0.15) is 0 Å². The van der Waals surface area contributed by atoms with E-state index in [0.717, 1.165) is 17.1 Å². The molecule has 1 heteroatoms. The number of rotatable bonds is 5. The smallest absolute Gasteiger partial charge is 0.0546 e. The first-order valence-corrected chi connectivity index (χ1v) is 20.2. The zero-order chi connectivity index (χ0) is 38.5. The van der Waals surface area contributed by atoms with Crippen LogP contribution in [0.3, 0.4) is 0 Å². The van der Waals surface area contributed by atoms with Gasteiger partial charge in [0.05, 0.1) is 11.4 Å². The highest BCUT2D eigenvalue weighted by Crippen LogP contribution is 2.55. The van der Waals surface area contributed by atoms with Gasteiger partial charge >= 0.3 is 0 Å². The normalized spacial score (nSPS) is 14.2. The van der Waals surface area contributed by atoms with Crippen molar-refractivity contribution in [2.75, 3.05) is 4.90 Å². The van der Waals surface area contributed by atoms with Gasteiger partial charge in [0.15, 0.2) is 0 Å². The van der Waals surface area contributed by atoms with Crippen LogP contribution in [0.5, 0.6) is 0 Å². The van der Waals surface area contributed by atoms with Crippen LogP contribution >= 0.6 is 0 Å². The Hall–Kier alpha value is -6.70. The number of fused-ring (bicyclic) bond motifs is 9. The third kappa shape index (κ3) is 4.88. The fourth-order valence-electron chi connectivity index (χ4n) is 10.4. The molecule has 11 rings (SSSR count). The molecule has 0 spiro atoms. The van der Waals surface area contributed by atoms with Crippen LogP contribution in [0.2, 0.25) is 0 Å². The molecule has 0 atom stereocenters. The maximum absolute atomic E-state index is 2.53. The van der Waals surface area contributed by atoms with E-state index in [1.807, 2.05) is 0 Å². The molecule has 0 aliphatic heterocycles. The van der Waals surface area contributed by atoms with Crippen molar-refractivity contribution < 1.29 is 0 Å². The summed E-state index contributed by atoms with van der Waals surface area (Å²) in [6.07, 6.45) is 0. The Morgan fingerprint density at radius 2 is 0.912 bits per heavy atom. The number of nitrogens with zero attached hydrogens (tertiary/aromatic N) is 1. The Morgan fingerprint density at radius 1 is 0.351 bits per heavy atom. The largest absolute Gasteiger partial charge is 0.309 e. The highest BCUT2D eigenvalue weighted by atomic mass is 15.1. The molecule has 2 aliphatic rings. The Morgan fingerprint density at radius 3 is 1.74 bits per heavy atom. The molecule has 2 aliphatic carbocycles. The van der Waals surface area contributed by atoms with Gasteiger partial charge in [0.2, 0.25) is 0 Å². The SMILES string of the molecule is CC1(C)c2ccccc2-c2c(-c3ccccc3N(c3cccc(-c4cccc5c4C(C)(C)c4ccccc4-5)c3)c3cc4ccccc4c4ccccc34)cccc21. The third-order valence-electron chi connectivity index (χ3n) is 13.0. The van der Waals surface area contributed by atoms with E-state index in [1.165, 1.54) is 88.3 Å². The molecule has 0 unspecified atom stereocenters. The van der Waals surface area contributed by atoms with Crippen LogP contribution in [0, 0.1) is 0 Å². The summed E-state index contributed by atoms with van der Waals surface area (Å²) < 4.78 is 0. The fourth-order valence-corrected chi connectivity index (χ4v) is 10.4. The lowest BCUT2D eigenvalue weighted by atomic mass is 9.79. The topological polar surface area (TPSA) is 3.24 Å². The fraction of sp³-hybridized carbons (Fsp3) is 0.107. The van der Waals surface area contributed by atoms with Crippen LogP contribution in [0.15, 0.2) is 188 Å². The van der Waals surface area contributed by atoms with Crippen molar-refractivity contribution in [1.29, 1.82) is 0 Å². The molecule has 0 heterocycles. The van der Waals surface area contributed by atoms with Gasteiger partial charge in [0.25, 0.3) is 0 Å². The van der Waals surface area contributed by atoms with Gasteiger partial charge in [-0.1, -0.05) is 191 Å². The molecule has 0 fully saturated rings. The van der Waals surface area contributed by atoms with Crippen molar-refractivity contribution in [2.24, 2.45) is 0 Å². The quantitative estimate of drug-likeness (QED) is 0.159. The standard InChI is InChI=1S/C56H43N/c1-55(2)49-31-13-10-26-47(49)53-45(28-17-32-50(53)55)44-25-11-14-33-51(44)57(52-35-37-18-5-6-21-39(37)41-22-7-8-24-43(41)52)38-20-15-19-36(34-38)40-27-16-29-46-42-23-9-12-30-48(42)56(3,4)54(40)46/h5-35H,1-4H3. The minimum atomic E-state index is -0.128. The molecule has 0 N–H and O–H groups in total. The molecule has 0 saturated carbocycles. The lowest BCUT2D eigenvalue weighted by molar-refractivity contribution is 0.660. The van der Waals surface area contributed by atoms with Crippen LogP contribution in [0.25, 0.3) is 66.1 Å². The molecule has 0 bridgehead atoms. The Bertz CT molecular complexity index is 3090. The molecule has 9 aromatic carbocycles. The van der Waals surface area contributed by atoms with E-state index in [-0.39, 0.29) is 10.8 Å². The Labute approximate surface area is 335 Å². The molecule has 0 amide bonds. The first kappa shape index (κ1) is 33.6. The van der Waals surface area contributed by atoms with Gasteiger partial charge in [-0.15, -0.1) is 0 Å². The minimum absolute atomic E-state index is 0.0944. The van der Waals surface area contributed by atoms with Crippen molar-refractivity contribution in [2.45, 2.75) is 38.5 Å². The lowest BCUT2D eigenvalue weighted by Crippen LogP contribution is -2.16. The van der Waals surface area contributed by atoms with Crippen LogP contribution in [0.4, 0.5) is 17.1 Å². The Balaban J connectivity index is 1.19. The van der Waals surface area contributed by atoms with Crippen molar-refractivity contribution in [3.05, 3.63) is 210 Å². The summed E-state index contributed by atoms with van der Waals surface area (Å²) in [5.74, 6) is 0. The summed E-state index contributed by atoms with van der Waals surface area (Å²) in [4.78, 5) is 2.53. The van der Waals surface area contributed by atoms with Crippen molar-refractivity contribution >= 4 is 38.6 Å². The molecular weight excluding hydrogens is 687 g/mol. The van der Waals surface area contributed by atoms with Crippen LogP contribution in [-0.4, -0.2) is 0 Å². The van der Waals surface area contributed by atoms with E-state index < -0.39 is 0 Å². The average Bonchev–Trinajstić information content (AvgIpc) is 3.64. The predicted octanol–water partition coefficient (Wildman–Crippen LogP) is 15.4. The summed E-state index contributed by atoms with van der Waals surface area (Å²) in [7, 11) is 0. The van der Waals surface area contributed by atoms with Crippen LogP contribution in [0.1, 0.15) is 49.9 Å². The predicted molar refractivity (Wildman–Crippen MR) is 242 cm³/mol. The second-order valence-corrected chi connectivity index (χ2v) is 16.9. The average molecular weight is 730 g/mol. The highest BCUT2D eigenvalue weighted by molar-refractivity contribution is 6.15. The molecule has 0 saturated heterocycles. The van der Waals surface area contributed by atoms with Crippen LogP contribution in [-0.2, 0) is 10.8 Å². The summed E-state index contributed by atoms with van der Waals surface area (Å²) in [6, 6.07) is 70.1. The Kier molecular flexibility index (Phi) is 7.32. The molecular formula is C56H43N. The number of para-hydroxylation sites is 1. The second-order valence-electron chi connectivity index (χ2n) is 16.9. The number of anilines is 3. The maximum Gasteiger partial charge on any atom is 0.0546 e. The molecule has 57 heavy (non-hydrogen) atoms. The van der Waals surface area contributed by atoms with E-state index in [2.05, 4.69) is 221 Å². The first-order valence-electron chi connectivity index (χ1n) is 20.2. The minimum Gasteiger partial charge on any atom is -0.309 e. The molecule has 9 aromatic rings. The van der Waals surface area contributed by atoms with E-state index >= 15 is 0 Å². The van der Waals surface area contributed by atoms with E-state index in [4.69, 9.17) is 0 Å². The second kappa shape index (κ2) is 12.4. The van der Waals surface area contributed by atoms with Gasteiger partial charge in [-0.3, -0.25) is 0 Å². The number of hydrogen-bond donors (Lipinski definition) is 0. The van der Waals surface area contributed by atoms with Crippen LogP contribution < -0.4 is 4.90 Å². The molecule has 272 valence electrons. The summed E-state index contributed by atoms with van der Waals surface area (Å²) >= 11 is 0. The number of benzene rings is 9. The molecule has 0 radical (unpaired) electrons. The molecule has 0 aromatic heterocycles. The first-order chi connectivity index (χ1) is 27.8. The van der Waals surface area contributed by atoms with Gasteiger partial charge in [-0.25, -0.2) is 0 Å². The van der Waals surface area contributed by atoms with Crippen molar-refractivity contribution in [3.8, 4) is 44.5 Å². The summed E-state index contributed by atoms with van der Waals surface area (Å²) in [5, 5.41) is 4.96. The van der Waals surface area contributed by atoms with E-state index in [0.29, 0.717) is 0 Å². The summed E-state index contributed by atoms with van der Waals surface area (Å²) in [6.45, 7) is 9.50. The monoisotopic (exact) mass is 729 g/mol. The van der Waals surface area contributed by atoms with Gasteiger partial charge in [-0.2, -0.15) is 0 Å². The van der Waals surface area contributed by atoms with E-state index in [1.54, 1.807) is 0 Å². The summed E-state index contributed by atoms with van der Waals surface area (Å²) in [5.41, 5.74) is 19.1.